The van der Waals surface area contributed by atoms with E-state index in [1.165, 1.54) is 11.3 Å². The molecule has 5 nitrogen and oxygen atoms in total. The van der Waals surface area contributed by atoms with Crippen LogP contribution in [0.3, 0.4) is 0 Å². The van der Waals surface area contributed by atoms with Crippen LogP contribution in [0.4, 0.5) is 5.13 Å². The number of anilines is 1. The molecule has 0 amide bonds. The lowest BCUT2D eigenvalue weighted by molar-refractivity contribution is -0.136. The number of methoxy groups -OCH3 is 1. The van der Waals surface area contributed by atoms with Crippen LogP contribution in [0, 0.1) is 5.41 Å². The maximum Gasteiger partial charge on any atom is 0.309 e. The van der Waals surface area contributed by atoms with E-state index in [2.05, 4.69) is 24.1 Å². The van der Waals surface area contributed by atoms with Crippen molar-refractivity contribution < 1.29 is 14.6 Å². The third-order valence-corrected chi connectivity index (χ3v) is 4.47. The zero-order valence-corrected chi connectivity index (χ0v) is 11.6. The normalized spacial score (nSPS) is 25.5. The summed E-state index contributed by atoms with van der Waals surface area (Å²) in [4.78, 5) is 14.9. The second-order valence-electron chi connectivity index (χ2n) is 5.19. The molecular formula is C12H18N2O3S. The van der Waals surface area contributed by atoms with Gasteiger partial charge in [0.25, 0.3) is 0 Å². The van der Waals surface area contributed by atoms with E-state index in [1.54, 1.807) is 12.5 Å². The Morgan fingerprint density at radius 1 is 1.72 bits per heavy atom. The van der Waals surface area contributed by atoms with Crippen molar-refractivity contribution >= 4 is 22.4 Å². The van der Waals surface area contributed by atoms with Crippen molar-refractivity contribution in [1.82, 2.24) is 4.98 Å². The van der Waals surface area contributed by atoms with Gasteiger partial charge in [0.1, 0.15) is 0 Å². The van der Waals surface area contributed by atoms with Crippen LogP contribution in [0.15, 0.2) is 5.38 Å². The van der Waals surface area contributed by atoms with Gasteiger partial charge in [0.05, 0.1) is 18.2 Å². The van der Waals surface area contributed by atoms with E-state index in [-0.39, 0.29) is 17.9 Å². The number of aromatic nitrogens is 1. The van der Waals surface area contributed by atoms with Gasteiger partial charge < -0.3 is 15.2 Å². The number of ether oxygens (including phenoxy) is 1. The Morgan fingerprint density at radius 2 is 2.44 bits per heavy atom. The minimum absolute atomic E-state index is 0.0209. The predicted molar refractivity (Wildman–Crippen MR) is 70.1 cm³/mol. The van der Waals surface area contributed by atoms with Crippen LogP contribution >= 0.6 is 11.3 Å². The third kappa shape index (κ3) is 2.49. The molecule has 1 saturated carbocycles. The van der Waals surface area contributed by atoms with Crippen LogP contribution in [0.2, 0.25) is 0 Å². The SMILES string of the molecule is COC1CC(Nc2nc(CC(=O)O)cs2)C1(C)C. The van der Waals surface area contributed by atoms with Gasteiger partial charge in [-0.1, -0.05) is 13.8 Å². The van der Waals surface area contributed by atoms with E-state index in [1.807, 2.05) is 0 Å². The van der Waals surface area contributed by atoms with Crippen molar-refractivity contribution in [2.45, 2.75) is 38.8 Å². The van der Waals surface area contributed by atoms with Crippen molar-refractivity contribution in [3.63, 3.8) is 0 Å². The zero-order chi connectivity index (χ0) is 13.3. The Hall–Kier alpha value is -1.14. The summed E-state index contributed by atoms with van der Waals surface area (Å²) in [6.45, 7) is 4.32. The second kappa shape index (κ2) is 4.85. The molecule has 0 bridgehead atoms. The first-order valence-electron chi connectivity index (χ1n) is 5.89. The maximum atomic E-state index is 10.6. The maximum absolute atomic E-state index is 10.6. The average Bonchev–Trinajstić information content (AvgIpc) is 2.70. The molecule has 2 atom stereocenters. The summed E-state index contributed by atoms with van der Waals surface area (Å²) >= 11 is 1.45. The molecule has 6 heteroatoms. The fourth-order valence-corrected chi connectivity index (χ4v) is 3.05. The number of thiazole rings is 1. The molecule has 100 valence electrons. The second-order valence-corrected chi connectivity index (χ2v) is 6.05. The standard InChI is InChI=1S/C12H18N2O3S/c1-12(2)8(5-9(12)17-3)14-11-13-7(6-18-11)4-10(15)16/h6,8-9H,4-5H2,1-3H3,(H,13,14)(H,15,16). The van der Waals surface area contributed by atoms with Crippen LogP contribution in [-0.4, -0.2) is 35.3 Å². The summed E-state index contributed by atoms with van der Waals surface area (Å²) in [6, 6.07) is 0.325. The van der Waals surface area contributed by atoms with Crippen molar-refractivity contribution in [2.24, 2.45) is 5.41 Å². The number of hydrogen-bond acceptors (Lipinski definition) is 5. The first-order valence-corrected chi connectivity index (χ1v) is 6.77. The quantitative estimate of drug-likeness (QED) is 0.856. The van der Waals surface area contributed by atoms with Crippen LogP contribution in [0.25, 0.3) is 0 Å². The molecule has 0 saturated heterocycles. The number of hydrogen-bond donors (Lipinski definition) is 2. The Kier molecular flexibility index (Phi) is 3.59. The first-order chi connectivity index (χ1) is 8.43. The minimum atomic E-state index is -0.852. The van der Waals surface area contributed by atoms with Crippen LogP contribution in [-0.2, 0) is 16.0 Å². The smallest absolute Gasteiger partial charge is 0.309 e. The molecule has 0 spiro atoms. The van der Waals surface area contributed by atoms with Gasteiger partial charge in [-0.15, -0.1) is 11.3 Å². The van der Waals surface area contributed by atoms with Gasteiger partial charge in [-0.3, -0.25) is 4.79 Å². The Labute approximate surface area is 110 Å². The summed E-state index contributed by atoms with van der Waals surface area (Å²) in [5.41, 5.74) is 0.684. The van der Waals surface area contributed by atoms with Gasteiger partial charge in [-0.05, 0) is 6.42 Å². The van der Waals surface area contributed by atoms with E-state index >= 15 is 0 Å². The highest BCUT2D eigenvalue weighted by Gasteiger charge is 2.48. The highest BCUT2D eigenvalue weighted by atomic mass is 32.1. The summed E-state index contributed by atoms with van der Waals surface area (Å²) < 4.78 is 5.39. The minimum Gasteiger partial charge on any atom is -0.481 e. The molecule has 1 fully saturated rings. The highest BCUT2D eigenvalue weighted by molar-refractivity contribution is 7.13. The molecule has 1 aliphatic carbocycles. The fourth-order valence-electron chi connectivity index (χ4n) is 2.29. The number of carboxylic acid groups (broad SMARTS) is 1. The zero-order valence-electron chi connectivity index (χ0n) is 10.8. The van der Waals surface area contributed by atoms with E-state index in [0.717, 1.165) is 11.6 Å². The molecule has 2 N–H and O–H groups in total. The molecule has 18 heavy (non-hydrogen) atoms. The Balaban J connectivity index is 1.95. The van der Waals surface area contributed by atoms with E-state index < -0.39 is 5.97 Å². The number of nitrogens with zero attached hydrogens (tertiary/aromatic N) is 1. The molecule has 2 unspecified atom stereocenters. The number of nitrogens with one attached hydrogen (secondary N) is 1. The van der Waals surface area contributed by atoms with Crippen molar-refractivity contribution in [3.8, 4) is 0 Å². The lowest BCUT2D eigenvalue weighted by Crippen LogP contribution is -2.57. The lowest BCUT2D eigenvalue weighted by Gasteiger charge is -2.51. The largest absolute Gasteiger partial charge is 0.481 e. The molecule has 0 aromatic carbocycles. The summed E-state index contributed by atoms with van der Waals surface area (Å²) in [6.07, 6.45) is 1.21. The predicted octanol–water partition coefficient (Wildman–Crippen LogP) is 2.00. The molecule has 1 heterocycles. The van der Waals surface area contributed by atoms with Crippen molar-refractivity contribution in [1.29, 1.82) is 0 Å². The average molecular weight is 270 g/mol. The van der Waals surface area contributed by atoms with E-state index in [9.17, 15) is 4.79 Å². The Bertz CT molecular complexity index is 444. The molecule has 1 aromatic heterocycles. The Morgan fingerprint density at radius 3 is 3.00 bits per heavy atom. The number of carboxylic acids is 1. The monoisotopic (exact) mass is 270 g/mol. The number of carbonyl (C=O) groups is 1. The summed E-state index contributed by atoms with van der Waals surface area (Å²) in [5, 5.41) is 14.6. The lowest BCUT2D eigenvalue weighted by atomic mass is 9.64. The molecule has 2 rings (SSSR count). The van der Waals surface area contributed by atoms with Gasteiger partial charge in [-0.2, -0.15) is 0 Å². The van der Waals surface area contributed by atoms with Gasteiger partial charge in [0.2, 0.25) is 0 Å². The molecule has 1 aromatic rings. The third-order valence-electron chi connectivity index (χ3n) is 3.64. The fraction of sp³-hybridized carbons (Fsp3) is 0.667. The summed E-state index contributed by atoms with van der Waals surface area (Å²) in [5.74, 6) is -0.852. The highest BCUT2D eigenvalue weighted by Crippen LogP contribution is 2.44. The van der Waals surface area contributed by atoms with Crippen LogP contribution in [0.1, 0.15) is 26.0 Å². The molecular weight excluding hydrogens is 252 g/mol. The topological polar surface area (TPSA) is 71.5 Å². The van der Waals surface area contributed by atoms with Crippen molar-refractivity contribution in [3.05, 3.63) is 11.1 Å². The first kappa shape index (κ1) is 13.3. The molecule has 0 aliphatic heterocycles. The summed E-state index contributed by atoms with van der Waals surface area (Å²) in [7, 11) is 1.73. The molecule has 1 aliphatic rings. The van der Waals surface area contributed by atoms with Crippen LogP contribution < -0.4 is 5.32 Å². The van der Waals surface area contributed by atoms with Gasteiger partial charge in [0, 0.05) is 23.9 Å². The molecule has 0 radical (unpaired) electrons. The van der Waals surface area contributed by atoms with Gasteiger partial charge in [-0.25, -0.2) is 4.98 Å². The van der Waals surface area contributed by atoms with Gasteiger partial charge in [0.15, 0.2) is 5.13 Å². The van der Waals surface area contributed by atoms with Gasteiger partial charge >= 0.3 is 5.97 Å². The van der Waals surface area contributed by atoms with Crippen molar-refractivity contribution in [2.75, 3.05) is 12.4 Å². The van der Waals surface area contributed by atoms with E-state index in [0.29, 0.717) is 11.7 Å². The van der Waals surface area contributed by atoms with Crippen LogP contribution in [0.5, 0.6) is 0 Å². The number of aliphatic carboxylic acids is 1. The number of rotatable bonds is 5. The van der Waals surface area contributed by atoms with E-state index in [4.69, 9.17) is 9.84 Å².